The number of guanidine groups is 1. The molecule has 0 radical (unpaired) electrons. The Balaban J connectivity index is 1.91. The summed E-state index contributed by atoms with van der Waals surface area (Å²) in [7, 11) is 1.81. The predicted octanol–water partition coefficient (Wildman–Crippen LogP) is -4.01. The van der Waals surface area contributed by atoms with Gasteiger partial charge in [-0.15, -0.1) is 11.8 Å². The number of aliphatic imine (C=N–C) groups is 1. The van der Waals surface area contributed by atoms with Crippen LogP contribution in [0.2, 0.25) is 0 Å². The molecule has 2 bridgehead atoms. The molecule has 2 heterocycles. The number of nitrogens with one attached hydrogen (secondary N) is 14. The molecule has 0 aromatic heterocycles. The fraction of sp³-hybridized carbons (Fsp3) is 0.681. The van der Waals surface area contributed by atoms with Crippen LogP contribution < -0.4 is 91.6 Å². The fourth-order valence-corrected chi connectivity index (χ4v) is 14.1. The summed E-state index contributed by atoms with van der Waals surface area (Å²) in [6, 6.07) is -2.37. The van der Waals surface area contributed by atoms with Crippen LogP contribution in [0, 0.1) is 5.92 Å². The third-order valence-corrected chi connectivity index (χ3v) is 21.6. The molecule has 23 N–H and O–H groups in total. The van der Waals surface area contributed by atoms with Crippen LogP contribution in [-0.2, 0) is 92.5 Å². The lowest BCUT2D eigenvalue weighted by atomic mass is 9.94. The van der Waals surface area contributed by atoms with Crippen LogP contribution in [0.4, 0.5) is 0 Å². The van der Waals surface area contributed by atoms with E-state index in [2.05, 4.69) is 89.7 Å². The van der Waals surface area contributed by atoms with Crippen LogP contribution in [0.15, 0.2) is 45.6 Å². The van der Waals surface area contributed by atoms with Gasteiger partial charge in [-0.2, -0.15) is 0 Å². The molecule has 652 valence electrons. The number of nitrogens with zero attached hydrogens (tertiary/aromatic N) is 3. The highest BCUT2D eigenvalue weighted by atomic mass is 33.1. The number of primary amides is 1. The summed E-state index contributed by atoms with van der Waals surface area (Å²) in [6.45, 7) is 11.9. The molecular formula is C72H120N20O21S3. The Bertz CT molecular complexity index is 3380. The molecule has 1 aromatic carbocycles. The Morgan fingerprint density at radius 2 is 1.04 bits per heavy atom. The van der Waals surface area contributed by atoms with Gasteiger partial charge >= 0.3 is 5.97 Å². The first-order valence-corrected chi connectivity index (χ1v) is 41.9. The topological polar surface area (TPSA) is 620 Å². The molecule has 0 saturated carbocycles. The molecule has 44 heteroatoms. The minimum absolute atomic E-state index is 0.00701. The third kappa shape index (κ3) is 44.2. The summed E-state index contributed by atoms with van der Waals surface area (Å²) in [5.74, 6) is -13.2. The summed E-state index contributed by atoms with van der Waals surface area (Å²) in [6.07, 6.45) is 1.53. The van der Waals surface area contributed by atoms with Gasteiger partial charge in [0.25, 0.3) is 0 Å². The molecule has 2 saturated heterocycles. The van der Waals surface area contributed by atoms with Gasteiger partial charge in [0, 0.05) is 69.2 Å². The number of thioether (sulfide) groups is 1. The number of carbonyl (C=O) groups excluding carboxylic acids is 13. The largest absolute Gasteiger partial charge is 0.481 e. The number of carboxylic acids is 1. The lowest BCUT2D eigenvalue weighted by Crippen LogP contribution is -2.60. The lowest BCUT2D eigenvalue weighted by molar-refractivity contribution is -0.141. The summed E-state index contributed by atoms with van der Waals surface area (Å²) < 4.78 is 21.5. The number of hydrogen-bond donors (Lipinski definition) is 20. The number of carboxylic acid groups (broad SMARTS) is 1. The standard InChI is InChI=1S/C72H120N20O21S3/c1-45(91-108)71(3,4)82-26-21-47(22-27-83-72(5,6)46(2)92-109)20-25-77-58(95)19-12-18-57(94)76-23-11-10-16-50-65(103)89-54-42-115-116-43-55(90-67(105)52(37-62(99)100)85-59(96)38-81-63(101)49(86-68(54)106)17-13-24-80-70(74)75)69(107)87-51(36-48-14-8-7-9-15-48)66(104)88-53(41-114-44-61(98)84-50)64(102)79-29-31-111-33-35-112-34-32-110-30-28-78-60(97)40-113-39-56(73)93/h7-9,14-15,47,49-55,82-83,108-109H,10-13,16-44H2,1-6H3,(H2,73,93)(H,76,94)(H,77,95)(H,78,97)(H,79,102)(H,81,101)(H,84,98)(H,85,96)(H,86,106)(H,87,107)(H,88,104)(H,89,103)(H,90,105)(H,99,100)(H4,74,75,80)/b91-45+,92-46+/t49-,50-,51-,52?,53-,54-,55-/m0/s1. The van der Waals surface area contributed by atoms with E-state index in [1.807, 2.05) is 27.7 Å². The quantitative estimate of drug-likeness (QED) is 0.00738. The number of ether oxygens (including phenoxy) is 4. The van der Waals surface area contributed by atoms with Crippen molar-refractivity contribution in [2.24, 2.45) is 38.4 Å². The van der Waals surface area contributed by atoms with Crippen molar-refractivity contribution in [2.45, 2.75) is 178 Å². The zero-order valence-corrected chi connectivity index (χ0v) is 69.3. The first-order chi connectivity index (χ1) is 55.2. The van der Waals surface area contributed by atoms with Crippen LogP contribution >= 0.6 is 33.3 Å². The average Bonchev–Trinajstić information content (AvgIpc) is 0.972. The number of amides is 13. The van der Waals surface area contributed by atoms with Crippen LogP contribution in [0.3, 0.4) is 0 Å². The maximum Gasteiger partial charge on any atom is 0.305 e. The van der Waals surface area contributed by atoms with Crippen molar-refractivity contribution in [2.75, 3.05) is 128 Å². The normalized spacial score (nSPS) is 19.9. The van der Waals surface area contributed by atoms with E-state index in [-0.39, 0.29) is 171 Å². The van der Waals surface area contributed by atoms with E-state index < -0.39 is 150 Å². The second-order valence-corrected chi connectivity index (χ2v) is 31.9. The number of hydrogen-bond acceptors (Lipinski definition) is 28. The zero-order chi connectivity index (χ0) is 85.9. The van der Waals surface area contributed by atoms with Crippen LogP contribution in [0.1, 0.15) is 124 Å². The van der Waals surface area contributed by atoms with Crippen molar-refractivity contribution in [3.05, 3.63) is 35.9 Å². The predicted molar refractivity (Wildman–Crippen MR) is 435 cm³/mol. The van der Waals surface area contributed by atoms with Gasteiger partial charge in [-0.25, -0.2) is 0 Å². The minimum atomic E-state index is -1.85. The number of nitrogens with two attached hydrogens (primary N) is 3. The molecule has 7 atom stereocenters. The van der Waals surface area contributed by atoms with Crippen molar-refractivity contribution in [3.8, 4) is 0 Å². The Kier molecular flexibility index (Phi) is 49.6. The Morgan fingerprint density at radius 1 is 0.534 bits per heavy atom. The van der Waals surface area contributed by atoms with Crippen molar-refractivity contribution < 1.29 is 102 Å². The second-order valence-electron chi connectivity index (χ2n) is 28.3. The molecule has 0 aliphatic carbocycles. The van der Waals surface area contributed by atoms with Crippen LogP contribution in [-0.4, -0.2) is 297 Å². The molecule has 2 aliphatic rings. The number of fused-ring (bicyclic) bond motifs is 5. The second kappa shape index (κ2) is 57.0. The molecule has 1 unspecified atom stereocenters. The molecular weight excluding hydrogens is 1580 g/mol. The highest BCUT2D eigenvalue weighted by molar-refractivity contribution is 8.76. The average molecular weight is 1700 g/mol. The number of aliphatic carboxylic acids is 1. The minimum Gasteiger partial charge on any atom is -0.481 e. The van der Waals surface area contributed by atoms with E-state index in [1.165, 1.54) is 0 Å². The van der Waals surface area contributed by atoms with E-state index in [0.29, 0.717) is 43.0 Å². The SMILES string of the molecule is C/C(=N\O)C(C)(C)NCCC(CCNC(=O)CCCC(=O)NCCCC[C@@H]1NC(=O)CSC[C@@H](C(=O)NCCOCCOCCOCCNC(=O)COCC(N)=O)NC(=O)[C@H](Cc2ccccc2)NC(=O)[C@@H]2CSSC[C@H](NC1=O)C(=O)N[C@@H](CCCN=C(N)N)C(=O)NCC(=O)NC(CC(=O)O)C(=O)N2)CCNC(C)(C)/C(C)=N/O. The Morgan fingerprint density at radius 3 is 1.61 bits per heavy atom. The third-order valence-electron chi connectivity index (χ3n) is 18.2. The lowest BCUT2D eigenvalue weighted by Gasteiger charge is -2.28. The molecule has 116 heavy (non-hydrogen) atoms. The van der Waals surface area contributed by atoms with Crippen molar-refractivity contribution in [1.82, 2.24) is 74.4 Å². The zero-order valence-electron chi connectivity index (χ0n) is 66.8. The van der Waals surface area contributed by atoms with Gasteiger partial charge in [-0.05, 0) is 124 Å². The maximum absolute atomic E-state index is 14.7. The number of oxime groups is 2. The van der Waals surface area contributed by atoms with Crippen molar-refractivity contribution >= 4 is 133 Å². The van der Waals surface area contributed by atoms with E-state index in [9.17, 15) is 82.6 Å². The molecule has 2 fully saturated rings. The molecule has 1 aromatic rings. The smallest absolute Gasteiger partial charge is 0.305 e. The summed E-state index contributed by atoms with van der Waals surface area (Å²) in [5.41, 5.74) is 16.5. The van der Waals surface area contributed by atoms with Gasteiger partial charge in [0.15, 0.2) is 5.96 Å². The molecule has 13 amide bonds. The monoisotopic (exact) mass is 1700 g/mol. The van der Waals surface area contributed by atoms with Gasteiger partial charge in [0.2, 0.25) is 76.8 Å². The van der Waals surface area contributed by atoms with Crippen LogP contribution in [0.5, 0.6) is 0 Å². The van der Waals surface area contributed by atoms with E-state index in [0.717, 1.165) is 46.2 Å². The van der Waals surface area contributed by atoms with Gasteiger partial charge in [0.1, 0.15) is 55.5 Å². The fourth-order valence-electron chi connectivity index (χ4n) is 11.0. The molecule has 3 rings (SSSR count). The Hall–Kier alpha value is -9.18. The number of carbonyl (C=O) groups is 14. The number of rotatable bonds is 47. The number of unbranched alkanes of at least 4 members (excludes halogenated alkanes) is 1. The van der Waals surface area contributed by atoms with Gasteiger partial charge in [-0.1, -0.05) is 62.2 Å². The highest BCUT2D eigenvalue weighted by Crippen LogP contribution is 2.25. The Labute approximate surface area is 687 Å². The maximum atomic E-state index is 14.7. The number of benzene rings is 1. The van der Waals surface area contributed by atoms with Crippen LogP contribution in [0.25, 0.3) is 0 Å². The van der Waals surface area contributed by atoms with Gasteiger partial charge < -0.3 is 126 Å². The highest BCUT2D eigenvalue weighted by Gasteiger charge is 2.36. The molecule has 41 nitrogen and oxygen atoms in total. The summed E-state index contributed by atoms with van der Waals surface area (Å²) in [5, 5.41) is 73.8. The summed E-state index contributed by atoms with van der Waals surface area (Å²) in [4.78, 5) is 194. The van der Waals surface area contributed by atoms with Crippen molar-refractivity contribution in [3.63, 3.8) is 0 Å². The van der Waals surface area contributed by atoms with E-state index in [4.69, 9.17) is 36.1 Å². The van der Waals surface area contributed by atoms with Gasteiger partial charge in [-0.3, -0.25) is 72.1 Å². The molecule has 2 aliphatic heterocycles. The van der Waals surface area contributed by atoms with Gasteiger partial charge in [0.05, 0.1) is 80.9 Å². The molecule has 0 spiro atoms. The van der Waals surface area contributed by atoms with Crippen molar-refractivity contribution in [1.29, 1.82) is 0 Å². The summed E-state index contributed by atoms with van der Waals surface area (Å²) >= 11 is 0.882. The first-order valence-electron chi connectivity index (χ1n) is 38.3. The van der Waals surface area contributed by atoms with E-state index in [1.54, 1.807) is 44.2 Å². The van der Waals surface area contributed by atoms with E-state index >= 15 is 0 Å². The first kappa shape index (κ1) is 101.